The molecule has 0 heterocycles. The number of phenolic OH excluding ortho intramolecular Hbond substituents is 1. The van der Waals surface area contributed by atoms with Crippen LogP contribution < -0.4 is 4.74 Å². The van der Waals surface area contributed by atoms with Crippen molar-refractivity contribution in [3.63, 3.8) is 0 Å². The number of Topliss-reactive ketones (excluding diaryl/α,β-unsaturated/α-hetero) is 3. The number of carbonyl (C=O) groups is 3. The summed E-state index contributed by atoms with van der Waals surface area (Å²) in [6, 6.07) is 3.17. The van der Waals surface area contributed by atoms with Gasteiger partial charge in [-0.05, 0) is 56.1 Å². The summed E-state index contributed by atoms with van der Waals surface area (Å²) < 4.78 is 5.46. The van der Waals surface area contributed by atoms with E-state index in [0.29, 0.717) is 37.2 Å². The topological polar surface area (TPSA) is 101 Å². The standard InChI is InChI=1S/C22H30O6/c1-4-28-16-11-15-6-5-7-17(23)22(27)18(24)9-8-13(2)14(3)10-19(25)21(15)20(26)12-16/h11-14,18,24,26H,4-10H2,1-3H3/t13-,14-,18?/m1/s1. The fourth-order valence-electron chi connectivity index (χ4n) is 3.61. The van der Waals surface area contributed by atoms with Gasteiger partial charge in [-0.25, -0.2) is 0 Å². The van der Waals surface area contributed by atoms with Crippen LogP contribution in [0.15, 0.2) is 12.1 Å². The summed E-state index contributed by atoms with van der Waals surface area (Å²) in [7, 11) is 0. The first-order chi connectivity index (χ1) is 13.2. The molecule has 0 aliphatic heterocycles. The highest BCUT2D eigenvalue weighted by Crippen LogP contribution is 2.32. The second kappa shape index (κ2) is 9.82. The fourth-order valence-corrected chi connectivity index (χ4v) is 3.61. The van der Waals surface area contributed by atoms with E-state index in [4.69, 9.17) is 4.74 Å². The van der Waals surface area contributed by atoms with Gasteiger partial charge in [0.15, 0.2) is 5.78 Å². The number of ketones is 3. The Labute approximate surface area is 165 Å². The quantitative estimate of drug-likeness (QED) is 0.752. The summed E-state index contributed by atoms with van der Waals surface area (Å²) in [5.41, 5.74) is 0.893. The molecule has 0 aromatic heterocycles. The van der Waals surface area contributed by atoms with Gasteiger partial charge in [0.1, 0.15) is 17.6 Å². The number of rotatable bonds is 2. The molecular formula is C22H30O6. The molecule has 2 rings (SSSR count). The van der Waals surface area contributed by atoms with E-state index in [1.807, 2.05) is 20.8 Å². The number of phenols is 1. The SMILES string of the molecule is CCOc1cc(O)c2c(c1)CCCC(=O)C(=O)C(O)CC[C@@H](C)[C@H](C)CC2=O. The minimum Gasteiger partial charge on any atom is -0.507 e. The maximum atomic E-state index is 12.9. The molecule has 0 amide bonds. The monoisotopic (exact) mass is 390 g/mol. The normalized spacial score (nSPS) is 25.1. The molecule has 1 aromatic carbocycles. The number of fused-ring (bicyclic) bond motifs is 1. The van der Waals surface area contributed by atoms with Crippen molar-refractivity contribution in [2.75, 3.05) is 6.61 Å². The molecule has 0 spiro atoms. The number of aliphatic hydroxyl groups excluding tert-OH is 1. The molecule has 0 saturated carbocycles. The summed E-state index contributed by atoms with van der Waals surface area (Å²) in [6.07, 6.45) is 0.434. The highest BCUT2D eigenvalue weighted by atomic mass is 16.5. The lowest BCUT2D eigenvalue weighted by Crippen LogP contribution is -2.29. The molecule has 0 fully saturated rings. The Morgan fingerprint density at radius 3 is 2.43 bits per heavy atom. The smallest absolute Gasteiger partial charge is 0.226 e. The molecule has 28 heavy (non-hydrogen) atoms. The third kappa shape index (κ3) is 5.41. The Morgan fingerprint density at radius 2 is 1.75 bits per heavy atom. The van der Waals surface area contributed by atoms with Crippen LogP contribution in [0.5, 0.6) is 11.5 Å². The van der Waals surface area contributed by atoms with Gasteiger partial charge in [-0.3, -0.25) is 14.4 Å². The lowest BCUT2D eigenvalue weighted by Gasteiger charge is -2.22. The van der Waals surface area contributed by atoms with Gasteiger partial charge in [0.25, 0.3) is 0 Å². The summed E-state index contributed by atoms with van der Waals surface area (Å²) in [6.45, 7) is 6.15. The third-order valence-corrected chi connectivity index (χ3v) is 5.56. The lowest BCUT2D eigenvalue weighted by molar-refractivity contribution is -0.142. The largest absolute Gasteiger partial charge is 0.507 e. The number of hydrogen-bond acceptors (Lipinski definition) is 6. The Bertz CT molecular complexity index is 739. The number of hydrogen-bond donors (Lipinski definition) is 2. The van der Waals surface area contributed by atoms with Crippen LogP contribution in [0.3, 0.4) is 0 Å². The highest BCUT2D eigenvalue weighted by Gasteiger charge is 2.27. The van der Waals surface area contributed by atoms with Gasteiger partial charge in [-0.15, -0.1) is 0 Å². The maximum Gasteiger partial charge on any atom is 0.226 e. The van der Waals surface area contributed by atoms with Gasteiger partial charge in [0, 0.05) is 18.9 Å². The molecular weight excluding hydrogens is 360 g/mol. The fraction of sp³-hybridized carbons (Fsp3) is 0.591. The highest BCUT2D eigenvalue weighted by molar-refractivity contribution is 6.38. The van der Waals surface area contributed by atoms with E-state index in [9.17, 15) is 24.6 Å². The zero-order valence-electron chi connectivity index (χ0n) is 16.9. The third-order valence-electron chi connectivity index (χ3n) is 5.56. The molecule has 1 unspecified atom stereocenters. The molecule has 3 atom stereocenters. The van der Waals surface area contributed by atoms with Crippen LogP contribution in [-0.2, 0) is 16.0 Å². The Morgan fingerprint density at radius 1 is 1.04 bits per heavy atom. The Hall–Kier alpha value is -2.21. The van der Waals surface area contributed by atoms with E-state index in [0.717, 1.165) is 0 Å². The van der Waals surface area contributed by atoms with Gasteiger partial charge in [-0.2, -0.15) is 0 Å². The number of benzene rings is 1. The average Bonchev–Trinajstić information content (AvgIpc) is 2.64. The molecule has 6 heteroatoms. The summed E-state index contributed by atoms with van der Waals surface area (Å²) in [5, 5.41) is 20.5. The van der Waals surface area contributed by atoms with Crippen molar-refractivity contribution in [2.45, 2.75) is 65.4 Å². The van der Waals surface area contributed by atoms with Crippen molar-refractivity contribution in [1.82, 2.24) is 0 Å². The van der Waals surface area contributed by atoms with E-state index in [1.165, 1.54) is 6.07 Å². The first-order valence-electron chi connectivity index (χ1n) is 10.0. The van der Waals surface area contributed by atoms with E-state index in [-0.39, 0.29) is 48.2 Å². The van der Waals surface area contributed by atoms with Crippen molar-refractivity contribution in [2.24, 2.45) is 11.8 Å². The van der Waals surface area contributed by atoms with Crippen molar-refractivity contribution < 1.29 is 29.3 Å². The van der Waals surface area contributed by atoms with Crippen LogP contribution >= 0.6 is 0 Å². The van der Waals surface area contributed by atoms with Crippen LogP contribution in [0.25, 0.3) is 0 Å². The first-order valence-corrected chi connectivity index (χ1v) is 10.0. The molecule has 1 aliphatic rings. The predicted octanol–water partition coefficient (Wildman–Crippen LogP) is 3.25. The molecule has 6 nitrogen and oxygen atoms in total. The van der Waals surface area contributed by atoms with Gasteiger partial charge in [0.2, 0.25) is 11.6 Å². The summed E-state index contributed by atoms with van der Waals surface area (Å²) in [4.78, 5) is 37.1. The van der Waals surface area contributed by atoms with Crippen molar-refractivity contribution in [3.05, 3.63) is 23.3 Å². The van der Waals surface area contributed by atoms with E-state index < -0.39 is 17.7 Å². The first kappa shape index (κ1) is 22.1. The molecule has 1 aliphatic carbocycles. The minimum atomic E-state index is -1.28. The zero-order valence-corrected chi connectivity index (χ0v) is 16.9. The zero-order chi connectivity index (χ0) is 20.8. The van der Waals surface area contributed by atoms with Crippen molar-refractivity contribution in [3.8, 4) is 11.5 Å². The van der Waals surface area contributed by atoms with Crippen LogP contribution in [0.2, 0.25) is 0 Å². The molecule has 1 aromatic rings. The number of carbonyl (C=O) groups excluding carboxylic acids is 3. The lowest BCUT2D eigenvalue weighted by atomic mass is 9.83. The van der Waals surface area contributed by atoms with Gasteiger partial charge >= 0.3 is 0 Å². The van der Waals surface area contributed by atoms with Crippen LogP contribution in [-0.4, -0.2) is 40.3 Å². The molecule has 2 N–H and O–H groups in total. The molecule has 0 saturated heterocycles. The van der Waals surface area contributed by atoms with Crippen LogP contribution in [0.4, 0.5) is 0 Å². The van der Waals surface area contributed by atoms with Crippen molar-refractivity contribution >= 4 is 17.3 Å². The second-order valence-electron chi connectivity index (χ2n) is 7.73. The molecule has 0 bridgehead atoms. The minimum absolute atomic E-state index is 0.00486. The number of aliphatic hydroxyl groups is 1. The Kier molecular flexibility index (Phi) is 7.75. The van der Waals surface area contributed by atoms with Gasteiger partial charge in [-0.1, -0.05) is 13.8 Å². The van der Waals surface area contributed by atoms with Crippen LogP contribution in [0, 0.1) is 11.8 Å². The van der Waals surface area contributed by atoms with E-state index in [1.54, 1.807) is 6.07 Å². The van der Waals surface area contributed by atoms with E-state index in [2.05, 4.69) is 0 Å². The number of aromatic hydroxyl groups is 1. The summed E-state index contributed by atoms with van der Waals surface area (Å²) >= 11 is 0. The predicted molar refractivity (Wildman–Crippen MR) is 105 cm³/mol. The maximum absolute atomic E-state index is 12.9. The molecule has 0 radical (unpaired) electrons. The second-order valence-corrected chi connectivity index (χ2v) is 7.73. The van der Waals surface area contributed by atoms with Gasteiger partial charge < -0.3 is 14.9 Å². The van der Waals surface area contributed by atoms with Gasteiger partial charge in [0.05, 0.1) is 12.2 Å². The van der Waals surface area contributed by atoms with Crippen LogP contribution in [0.1, 0.15) is 68.8 Å². The molecule has 154 valence electrons. The number of ether oxygens (including phenoxy) is 1. The van der Waals surface area contributed by atoms with E-state index >= 15 is 0 Å². The summed E-state index contributed by atoms with van der Waals surface area (Å²) in [5.74, 6) is -1.04. The Balaban J connectivity index is 2.38. The average molecular weight is 390 g/mol. The number of aryl methyl sites for hydroxylation is 1. The van der Waals surface area contributed by atoms with Crippen molar-refractivity contribution in [1.29, 1.82) is 0 Å².